The number of carbonyl (C=O) groups is 1. The molecule has 22 heavy (non-hydrogen) atoms. The van der Waals surface area contributed by atoms with Crippen LogP contribution in [0, 0.1) is 0 Å². The number of hydrogen-bond acceptors (Lipinski definition) is 5. The Morgan fingerprint density at radius 3 is 2.91 bits per heavy atom. The summed E-state index contributed by atoms with van der Waals surface area (Å²) in [6.07, 6.45) is -1.67. The largest absolute Gasteiger partial charge is 0.434 e. The van der Waals surface area contributed by atoms with Gasteiger partial charge >= 0.3 is 6.18 Å². The monoisotopic (exact) mass is 331 g/mol. The first-order valence-electron chi connectivity index (χ1n) is 6.63. The first kappa shape index (κ1) is 14.9. The van der Waals surface area contributed by atoms with E-state index in [0.29, 0.717) is 24.5 Å². The van der Waals surface area contributed by atoms with Gasteiger partial charge in [-0.15, -0.1) is 11.3 Å². The lowest BCUT2D eigenvalue weighted by molar-refractivity contribution is -0.140. The fourth-order valence-corrected chi connectivity index (χ4v) is 3.39. The van der Waals surface area contributed by atoms with Crippen molar-refractivity contribution in [2.75, 3.05) is 13.1 Å². The number of aromatic nitrogens is 4. The zero-order valence-corrected chi connectivity index (χ0v) is 12.1. The summed E-state index contributed by atoms with van der Waals surface area (Å²) in [5.74, 6) is -0.447. The van der Waals surface area contributed by atoms with E-state index in [1.54, 1.807) is 4.90 Å². The summed E-state index contributed by atoms with van der Waals surface area (Å²) in [4.78, 5) is 17.5. The van der Waals surface area contributed by atoms with Crippen LogP contribution >= 0.6 is 11.3 Å². The van der Waals surface area contributed by atoms with Crippen LogP contribution in [-0.2, 0) is 6.18 Å². The molecule has 6 nitrogen and oxygen atoms in total. The maximum Gasteiger partial charge on any atom is 0.434 e. The van der Waals surface area contributed by atoms with E-state index < -0.39 is 11.9 Å². The van der Waals surface area contributed by atoms with E-state index in [-0.39, 0.29) is 17.5 Å². The van der Waals surface area contributed by atoms with Gasteiger partial charge in [0, 0.05) is 24.4 Å². The molecule has 1 saturated heterocycles. The van der Waals surface area contributed by atoms with Crippen LogP contribution in [0.2, 0.25) is 0 Å². The van der Waals surface area contributed by atoms with Gasteiger partial charge in [-0.2, -0.15) is 28.6 Å². The Bertz CT molecular complexity index is 654. The third kappa shape index (κ3) is 2.96. The van der Waals surface area contributed by atoms with Crippen molar-refractivity contribution < 1.29 is 18.0 Å². The first-order chi connectivity index (χ1) is 10.4. The number of H-pyrrole nitrogens is 1. The zero-order chi connectivity index (χ0) is 15.7. The molecule has 10 heteroatoms. The topological polar surface area (TPSA) is 74.8 Å². The van der Waals surface area contributed by atoms with E-state index >= 15 is 0 Å². The van der Waals surface area contributed by atoms with Crippen LogP contribution in [0.25, 0.3) is 0 Å². The van der Waals surface area contributed by atoms with Crippen LogP contribution in [0.4, 0.5) is 13.2 Å². The lowest BCUT2D eigenvalue weighted by Gasteiger charge is -2.31. The molecule has 0 aromatic carbocycles. The summed E-state index contributed by atoms with van der Waals surface area (Å²) in [7, 11) is 0. The highest BCUT2D eigenvalue weighted by Gasteiger charge is 2.35. The third-order valence-electron chi connectivity index (χ3n) is 3.50. The number of piperidine rings is 1. The predicted molar refractivity (Wildman–Crippen MR) is 71.4 cm³/mol. The average Bonchev–Trinajstić information content (AvgIpc) is 3.17. The number of halogens is 3. The van der Waals surface area contributed by atoms with Crippen molar-refractivity contribution in [3.05, 3.63) is 28.0 Å². The SMILES string of the molecule is O=C(c1cn[nH]n1)N1CCCC(c2nc(C(F)(F)F)cs2)C1. The van der Waals surface area contributed by atoms with Gasteiger partial charge in [0.25, 0.3) is 5.91 Å². The second-order valence-electron chi connectivity index (χ2n) is 5.01. The third-order valence-corrected chi connectivity index (χ3v) is 4.51. The maximum atomic E-state index is 12.6. The molecule has 1 fully saturated rings. The summed E-state index contributed by atoms with van der Waals surface area (Å²) >= 11 is 0.991. The number of likely N-dealkylation sites (tertiary alicyclic amines) is 1. The number of rotatable bonds is 2. The molecule has 0 aliphatic carbocycles. The van der Waals surface area contributed by atoms with Crippen molar-refractivity contribution in [1.29, 1.82) is 0 Å². The summed E-state index contributed by atoms with van der Waals surface area (Å²) in [6, 6.07) is 0. The Morgan fingerprint density at radius 1 is 1.45 bits per heavy atom. The van der Waals surface area contributed by atoms with Crippen LogP contribution in [-0.4, -0.2) is 44.3 Å². The van der Waals surface area contributed by atoms with E-state index in [1.807, 2.05) is 0 Å². The Labute approximate surface area is 127 Å². The molecule has 0 spiro atoms. The number of nitrogens with one attached hydrogen (secondary N) is 1. The Morgan fingerprint density at radius 2 is 2.27 bits per heavy atom. The van der Waals surface area contributed by atoms with Crippen molar-refractivity contribution in [1.82, 2.24) is 25.3 Å². The minimum atomic E-state index is -4.43. The summed E-state index contributed by atoms with van der Waals surface area (Å²) in [5.41, 5.74) is -0.664. The standard InChI is InChI=1S/C12H12F3N5OS/c13-12(14,15)9-6-22-10(17-9)7-2-1-3-20(5-7)11(21)8-4-16-19-18-8/h4,6-7H,1-3,5H2,(H,16,18,19). The highest BCUT2D eigenvalue weighted by molar-refractivity contribution is 7.09. The molecule has 1 aliphatic rings. The van der Waals surface area contributed by atoms with Crippen LogP contribution in [0.15, 0.2) is 11.6 Å². The van der Waals surface area contributed by atoms with Gasteiger partial charge in [0.2, 0.25) is 0 Å². The van der Waals surface area contributed by atoms with E-state index in [0.717, 1.165) is 23.1 Å². The molecular formula is C12H12F3N5OS. The quantitative estimate of drug-likeness (QED) is 0.916. The minimum Gasteiger partial charge on any atom is -0.337 e. The van der Waals surface area contributed by atoms with Gasteiger partial charge in [0.05, 0.1) is 11.2 Å². The second-order valence-corrected chi connectivity index (χ2v) is 5.90. The van der Waals surface area contributed by atoms with E-state index in [2.05, 4.69) is 20.4 Å². The van der Waals surface area contributed by atoms with Crippen LogP contribution in [0.5, 0.6) is 0 Å². The van der Waals surface area contributed by atoms with Crippen molar-refractivity contribution in [2.45, 2.75) is 24.9 Å². The van der Waals surface area contributed by atoms with E-state index in [1.165, 1.54) is 6.20 Å². The summed E-state index contributed by atoms with van der Waals surface area (Å²) in [5, 5.41) is 11.1. The molecule has 1 unspecified atom stereocenters. The molecule has 1 N–H and O–H groups in total. The molecule has 1 aliphatic heterocycles. The van der Waals surface area contributed by atoms with Crippen LogP contribution < -0.4 is 0 Å². The van der Waals surface area contributed by atoms with E-state index in [4.69, 9.17) is 0 Å². The van der Waals surface area contributed by atoms with Gasteiger partial charge < -0.3 is 4.90 Å². The second kappa shape index (κ2) is 5.67. The van der Waals surface area contributed by atoms with Crippen LogP contribution in [0.1, 0.15) is 39.9 Å². The molecule has 3 heterocycles. The Balaban J connectivity index is 1.73. The Hall–Kier alpha value is -1.97. The lowest BCUT2D eigenvalue weighted by atomic mass is 9.98. The van der Waals surface area contributed by atoms with Gasteiger partial charge in [0.15, 0.2) is 11.4 Å². The van der Waals surface area contributed by atoms with Crippen molar-refractivity contribution in [3.63, 3.8) is 0 Å². The number of aromatic amines is 1. The first-order valence-corrected chi connectivity index (χ1v) is 7.51. The number of thiazole rings is 1. The molecule has 0 saturated carbocycles. The van der Waals surface area contributed by atoms with Crippen molar-refractivity contribution in [3.8, 4) is 0 Å². The van der Waals surface area contributed by atoms with Gasteiger partial charge in [-0.1, -0.05) is 0 Å². The normalized spacial score (nSPS) is 19.4. The molecule has 118 valence electrons. The zero-order valence-electron chi connectivity index (χ0n) is 11.3. The summed E-state index contributed by atoms with van der Waals surface area (Å²) < 4.78 is 37.9. The predicted octanol–water partition coefficient (Wildman–Crippen LogP) is 2.30. The molecule has 2 aromatic heterocycles. The fourth-order valence-electron chi connectivity index (χ4n) is 2.44. The fraction of sp³-hybridized carbons (Fsp3) is 0.500. The highest BCUT2D eigenvalue weighted by atomic mass is 32.1. The number of hydrogen-bond donors (Lipinski definition) is 1. The molecule has 1 atom stereocenters. The van der Waals surface area contributed by atoms with E-state index in [9.17, 15) is 18.0 Å². The van der Waals surface area contributed by atoms with Crippen molar-refractivity contribution >= 4 is 17.2 Å². The molecule has 0 bridgehead atoms. The van der Waals surface area contributed by atoms with Gasteiger partial charge in [-0.05, 0) is 12.8 Å². The average molecular weight is 331 g/mol. The molecule has 0 radical (unpaired) electrons. The maximum absolute atomic E-state index is 12.6. The van der Waals surface area contributed by atoms with Gasteiger partial charge in [0.1, 0.15) is 0 Å². The minimum absolute atomic E-state index is 0.175. The Kier molecular flexibility index (Phi) is 3.85. The number of nitrogens with zero attached hydrogens (tertiary/aromatic N) is 4. The smallest absolute Gasteiger partial charge is 0.337 e. The number of alkyl halides is 3. The number of amides is 1. The van der Waals surface area contributed by atoms with Gasteiger partial charge in [-0.3, -0.25) is 4.79 Å². The lowest BCUT2D eigenvalue weighted by Crippen LogP contribution is -2.39. The molecule has 1 amide bonds. The number of carbonyl (C=O) groups excluding carboxylic acids is 1. The highest BCUT2D eigenvalue weighted by Crippen LogP contribution is 2.35. The summed E-state index contributed by atoms with van der Waals surface area (Å²) in [6.45, 7) is 0.899. The molecule has 2 aromatic rings. The molecular weight excluding hydrogens is 319 g/mol. The van der Waals surface area contributed by atoms with Gasteiger partial charge in [-0.25, -0.2) is 4.98 Å². The van der Waals surface area contributed by atoms with Crippen molar-refractivity contribution in [2.24, 2.45) is 0 Å². The molecule has 3 rings (SSSR count). The van der Waals surface area contributed by atoms with Crippen LogP contribution in [0.3, 0.4) is 0 Å².